The lowest BCUT2D eigenvalue weighted by molar-refractivity contribution is 0.0937. The third kappa shape index (κ3) is 4.10. The summed E-state index contributed by atoms with van der Waals surface area (Å²) >= 11 is 0. The Morgan fingerprint density at radius 2 is 1.42 bits per heavy atom. The molecule has 2 nitrogen and oxygen atoms in total. The van der Waals surface area contributed by atoms with Crippen LogP contribution in [0.1, 0.15) is 27.5 Å². The first-order valence-corrected chi connectivity index (χ1v) is 8.56. The SMILES string of the molecule is O=C(NC(Cc1ccccc1)c1ccccc1)c1ccccc1P. The molecule has 24 heavy (non-hydrogen) atoms. The quantitative estimate of drug-likeness (QED) is 0.705. The van der Waals surface area contributed by atoms with E-state index in [4.69, 9.17) is 0 Å². The van der Waals surface area contributed by atoms with E-state index in [1.807, 2.05) is 60.7 Å². The molecule has 0 saturated heterocycles. The van der Waals surface area contributed by atoms with E-state index in [1.165, 1.54) is 5.56 Å². The van der Waals surface area contributed by atoms with Crippen LogP contribution in [-0.4, -0.2) is 5.91 Å². The molecule has 1 N–H and O–H groups in total. The molecule has 3 aromatic rings. The first kappa shape index (κ1) is 16.4. The normalized spacial score (nSPS) is 11.7. The van der Waals surface area contributed by atoms with Crippen molar-refractivity contribution in [2.45, 2.75) is 12.5 Å². The predicted molar refractivity (Wildman–Crippen MR) is 103 cm³/mol. The zero-order valence-corrected chi connectivity index (χ0v) is 14.5. The van der Waals surface area contributed by atoms with Crippen LogP contribution >= 0.6 is 9.24 Å². The van der Waals surface area contributed by atoms with Crippen molar-refractivity contribution in [1.29, 1.82) is 0 Å². The molecular weight excluding hydrogens is 313 g/mol. The molecule has 0 saturated carbocycles. The third-order valence-corrected chi connectivity index (χ3v) is 4.50. The Morgan fingerprint density at radius 1 is 0.833 bits per heavy atom. The Balaban J connectivity index is 1.85. The van der Waals surface area contributed by atoms with Gasteiger partial charge >= 0.3 is 0 Å². The second kappa shape index (κ2) is 7.90. The molecule has 0 bridgehead atoms. The lowest BCUT2D eigenvalue weighted by Crippen LogP contribution is -2.32. The van der Waals surface area contributed by atoms with E-state index in [-0.39, 0.29) is 11.9 Å². The molecule has 0 aromatic heterocycles. The third-order valence-electron chi connectivity index (χ3n) is 4.00. The van der Waals surface area contributed by atoms with E-state index >= 15 is 0 Å². The van der Waals surface area contributed by atoms with Crippen LogP contribution in [0.3, 0.4) is 0 Å². The van der Waals surface area contributed by atoms with Gasteiger partial charge in [0.25, 0.3) is 5.91 Å². The molecule has 0 aliphatic rings. The molecule has 3 aromatic carbocycles. The minimum atomic E-state index is -0.0642. The summed E-state index contributed by atoms with van der Waals surface area (Å²) < 4.78 is 0. The Labute approximate surface area is 145 Å². The van der Waals surface area contributed by atoms with E-state index < -0.39 is 0 Å². The maximum absolute atomic E-state index is 12.7. The van der Waals surface area contributed by atoms with E-state index in [0.717, 1.165) is 17.3 Å². The van der Waals surface area contributed by atoms with Crippen LogP contribution in [0, 0.1) is 0 Å². The van der Waals surface area contributed by atoms with Crippen molar-refractivity contribution in [3.63, 3.8) is 0 Å². The van der Waals surface area contributed by atoms with Crippen molar-refractivity contribution in [2.75, 3.05) is 0 Å². The van der Waals surface area contributed by atoms with Crippen LogP contribution in [0.15, 0.2) is 84.9 Å². The highest BCUT2D eigenvalue weighted by Crippen LogP contribution is 2.19. The van der Waals surface area contributed by atoms with Crippen LogP contribution < -0.4 is 10.6 Å². The maximum atomic E-state index is 12.7. The smallest absolute Gasteiger partial charge is 0.252 e. The highest BCUT2D eigenvalue weighted by atomic mass is 31.0. The summed E-state index contributed by atoms with van der Waals surface area (Å²) in [5.74, 6) is -0.0506. The van der Waals surface area contributed by atoms with Crippen molar-refractivity contribution >= 4 is 20.5 Å². The zero-order valence-electron chi connectivity index (χ0n) is 13.4. The van der Waals surface area contributed by atoms with Gasteiger partial charge < -0.3 is 5.32 Å². The Morgan fingerprint density at radius 3 is 2.08 bits per heavy atom. The predicted octanol–water partition coefficient (Wildman–Crippen LogP) is 3.90. The van der Waals surface area contributed by atoms with Gasteiger partial charge in [-0.15, -0.1) is 9.24 Å². The zero-order chi connectivity index (χ0) is 16.8. The lowest BCUT2D eigenvalue weighted by Gasteiger charge is -2.20. The van der Waals surface area contributed by atoms with Crippen molar-refractivity contribution in [1.82, 2.24) is 5.32 Å². The average molecular weight is 333 g/mol. The minimum Gasteiger partial charge on any atom is -0.345 e. The summed E-state index contributed by atoms with van der Waals surface area (Å²) in [6, 6.07) is 27.9. The summed E-state index contributed by atoms with van der Waals surface area (Å²) in [4.78, 5) is 12.7. The van der Waals surface area contributed by atoms with Gasteiger partial charge in [0.15, 0.2) is 0 Å². The van der Waals surface area contributed by atoms with Gasteiger partial charge in [0, 0.05) is 5.56 Å². The Kier molecular flexibility index (Phi) is 5.40. The fraction of sp³-hybridized carbons (Fsp3) is 0.0952. The van der Waals surface area contributed by atoms with Crippen LogP contribution in [0.25, 0.3) is 0 Å². The molecule has 0 spiro atoms. The van der Waals surface area contributed by atoms with Gasteiger partial charge in [-0.2, -0.15) is 0 Å². The maximum Gasteiger partial charge on any atom is 0.252 e. The molecule has 0 heterocycles. The molecule has 3 rings (SSSR count). The summed E-state index contributed by atoms with van der Waals surface area (Å²) in [5, 5.41) is 4.09. The molecule has 0 aliphatic heterocycles. The summed E-state index contributed by atoms with van der Waals surface area (Å²) in [5.41, 5.74) is 3.00. The van der Waals surface area contributed by atoms with Gasteiger partial charge in [0.2, 0.25) is 0 Å². The van der Waals surface area contributed by atoms with E-state index in [9.17, 15) is 4.79 Å². The van der Waals surface area contributed by atoms with E-state index in [0.29, 0.717) is 5.56 Å². The van der Waals surface area contributed by atoms with Gasteiger partial charge in [0.05, 0.1) is 6.04 Å². The van der Waals surface area contributed by atoms with Crippen LogP contribution in [0.2, 0.25) is 0 Å². The molecular formula is C21H20NOP. The largest absolute Gasteiger partial charge is 0.345 e. The Bertz CT molecular complexity index is 802. The van der Waals surface area contributed by atoms with E-state index in [2.05, 4.69) is 38.8 Å². The van der Waals surface area contributed by atoms with Gasteiger partial charge in [0.1, 0.15) is 0 Å². The number of hydrogen-bond donors (Lipinski definition) is 1. The van der Waals surface area contributed by atoms with E-state index in [1.54, 1.807) is 0 Å². The summed E-state index contributed by atoms with van der Waals surface area (Å²) in [6.07, 6.45) is 0.760. The molecule has 0 aliphatic carbocycles. The molecule has 2 atom stereocenters. The number of carbonyl (C=O) groups is 1. The molecule has 1 amide bonds. The standard InChI is InChI=1S/C21H20NOP/c23-21(18-13-7-8-14-20(18)24)22-19(17-11-5-2-6-12-17)15-16-9-3-1-4-10-16/h1-14,19H,15,24H2,(H,22,23). The molecule has 0 radical (unpaired) electrons. The summed E-state index contributed by atoms with van der Waals surface area (Å²) in [7, 11) is 2.62. The highest BCUT2D eigenvalue weighted by Gasteiger charge is 2.17. The number of nitrogens with one attached hydrogen (secondary N) is 1. The van der Waals surface area contributed by atoms with Gasteiger partial charge in [-0.05, 0) is 28.9 Å². The minimum absolute atomic E-state index is 0.0506. The number of benzene rings is 3. The number of hydrogen-bond acceptors (Lipinski definition) is 1. The molecule has 120 valence electrons. The van der Waals surface area contributed by atoms with Crippen molar-refractivity contribution in [3.05, 3.63) is 102 Å². The van der Waals surface area contributed by atoms with Gasteiger partial charge in [-0.3, -0.25) is 4.79 Å². The first-order chi connectivity index (χ1) is 11.7. The monoisotopic (exact) mass is 333 g/mol. The highest BCUT2D eigenvalue weighted by molar-refractivity contribution is 7.27. The molecule has 2 unspecified atom stereocenters. The topological polar surface area (TPSA) is 29.1 Å². The van der Waals surface area contributed by atoms with Crippen molar-refractivity contribution in [2.24, 2.45) is 0 Å². The van der Waals surface area contributed by atoms with Crippen molar-refractivity contribution < 1.29 is 4.79 Å². The number of rotatable bonds is 5. The lowest BCUT2D eigenvalue weighted by atomic mass is 9.98. The fourth-order valence-corrected chi connectivity index (χ4v) is 3.07. The Hall–Kier alpha value is -2.44. The molecule has 0 fully saturated rings. The second-order valence-electron chi connectivity index (χ2n) is 5.71. The van der Waals surface area contributed by atoms with Crippen LogP contribution in [0.4, 0.5) is 0 Å². The van der Waals surface area contributed by atoms with Crippen molar-refractivity contribution in [3.8, 4) is 0 Å². The second-order valence-corrected chi connectivity index (χ2v) is 6.34. The average Bonchev–Trinajstić information content (AvgIpc) is 2.63. The first-order valence-electron chi connectivity index (χ1n) is 7.98. The summed E-state index contributed by atoms with van der Waals surface area (Å²) in [6.45, 7) is 0. The fourth-order valence-electron chi connectivity index (χ4n) is 2.73. The number of amides is 1. The number of carbonyl (C=O) groups excluding carboxylic acids is 1. The van der Waals surface area contributed by atoms with Crippen LogP contribution in [0.5, 0.6) is 0 Å². The molecule has 3 heteroatoms. The van der Waals surface area contributed by atoms with Gasteiger partial charge in [-0.25, -0.2) is 0 Å². The van der Waals surface area contributed by atoms with Crippen LogP contribution in [-0.2, 0) is 6.42 Å². The van der Waals surface area contributed by atoms with Gasteiger partial charge in [-0.1, -0.05) is 78.9 Å².